The molecular formula is C23H19Cl2NO3. The van der Waals surface area contributed by atoms with Crippen LogP contribution < -0.4 is 10.1 Å². The third kappa shape index (κ3) is 5.17. The van der Waals surface area contributed by atoms with E-state index < -0.39 is 6.10 Å². The van der Waals surface area contributed by atoms with E-state index >= 15 is 0 Å². The van der Waals surface area contributed by atoms with E-state index in [0.717, 1.165) is 0 Å². The number of hydrogen-bond acceptors (Lipinski definition) is 3. The fourth-order valence-corrected chi connectivity index (χ4v) is 3.14. The molecule has 4 nitrogen and oxygen atoms in total. The summed E-state index contributed by atoms with van der Waals surface area (Å²) < 4.78 is 5.78. The average molecular weight is 428 g/mol. The number of hydrogen-bond donors (Lipinski definition) is 1. The Hall–Kier alpha value is -2.82. The lowest BCUT2D eigenvalue weighted by Crippen LogP contribution is -2.33. The Balaban J connectivity index is 1.84. The summed E-state index contributed by atoms with van der Waals surface area (Å²) in [5.41, 5.74) is 1.18. The van der Waals surface area contributed by atoms with Crippen LogP contribution >= 0.6 is 23.2 Å². The number of carbonyl (C=O) groups excluding carboxylic acids is 2. The van der Waals surface area contributed by atoms with Crippen LogP contribution in [0.3, 0.4) is 0 Å². The fourth-order valence-electron chi connectivity index (χ4n) is 2.79. The van der Waals surface area contributed by atoms with E-state index in [1.54, 1.807) is 66.7 Å². The van der Waals surface area contributed by atoms with Gasteiger partial charge in [-0.2, -0.15) is 0 Å². The van der Waals surface area contributed by atoms with Gasteiger partial charge in [0.05, 0.1) is 10.7 Å². The van der Waals surface area contributed by atoms with Crippen molar-refractivity contribution in [2.45, 2.75) is 19.4 Å². The Labute approximate surface area is 179 Å². The van der Waals surface area contributed by atoms with Gasteiger partial charge >= 0.3 is 0 Å². The van der Waals surface area contributed by atoms with Crippen molar-refractivity contribution in [2.24, 2.45) is 0 Å². The first kappa shape index (κ1) is 20.9. The molecule has 148 valence electrons. The van der Waals surface area contributed by atoms with E-state index in [4.69, 9.17) is 27.9 Å². The second kappa shape index (κ2) is 9.59. The lowest BCUT2D eigenvalue weighted by Gasteiger charge is -2.19. The molecule has 3 aromatic carbocycles. The molecule has 3 rings (SSSR count). The van der Waals surface area contributed by atoms with E-state index in [0.29, 0.717) is 39.0 Å². The topological polar surface area (TPSA) is 55.4 Å². The summed E-state index contributed by atoms with van der Waals surface area (Å²) in [6, 6.07) is 20.5. The van der Waals surface area contributed by atoms with Gasteiger partial charge in [-0.1, -0.05) is 72.6 Å². The van der Waals surface area contributed by atoms with Crippen molar-refractivity contribution in [2.75, 3.05) is 5.32 Å². The second-order valence-corrected chi connectivity index (χ2v) is 7.16. The van der Waals surface area contributed by atoms with E-state index in [2.05, 4.69) is 5.32 Å². The molecule has 0 aromatic heterocycles. The predicted molar refractivity (Wildman–Crippen MR) is 116 cm³/mol. The number of anilines is 1. The van der Waals surface area contributed by atoms with Crippen LogP contribution in [0, 0.1) is 0 Å². The maximum Gasteiger partial charge on any atom is 0.265 e. The molecule has 0 heterocycles. The van der Waals surface area contributed by atoms with Crippen molar-refractivity contribution in [3.05, 3.63) is 94.0 Å². The molecular weight excluding hydrogens is 409 g/mol. The lowest BCUT2D eigenvalue weighted by atomic mass is 10.0. The van der Waals surface area contributed by atoms with Crippen LogP contribution in [0.1, 0.15) is 29.3 Å². The van der Waals surface area contributed by atoms with Crippen molar-refractivity contribution in [1.29, 1.82) is 0 Å². The van der Waals surface area contributed by atoms with Gasteiger partial charge in [-0.25, -0.2) is 0 Å². The number of carbonyl (C=O) groups is 2. The maximum atomic E-state index is 12.9. The summed E-state index contributed by atoms with van der Waals surface area (Å²) in [4.78, 5) is 25.7. The molecule has 0 spiro atoms. The van der Waals surface area contributed by atoms with Crippen LogP contribution in [0.4, 0.5) is 5.69 Å². The fraction of sp³-hybridized carbons (Fsp3) is 0.130. The summed E-state index contributed by atoms with van der Waals surface area (Å²) in [6.45, 7) is 1.83. The first-order valence-electron chi connectivity index (χ1n) is 9.11. The summed E-state index contributed by atoms with van der Waals surface area (Å²) in [5, 5.41) is 3.62. The van der Waals surface area contributed by atoms with Crippen molar-refractivity contribution in [3.8, 4) is 5.75 Å². The van der Waals surface area contributed by atoms with Gasteiger partial charge in [0, 0.05) is 16.1 Å². The van der Waals surface area contributed by atoms with Crippen LogP contribution in [0.15, 0.2) is 72.8 Å². The molecule has 1 N–H and O–H groups in total. The largest absolute Gasteiger partial charge is 0.479 e. The summed E-state index contributed by atoms with van der Waals surface area (Å²) >= 11 is 12.2. The second-order valence-electron chi connectivity index (χ2n) is 6.32. The maximum absolute atomic E-state index is 12.9. The van der Waals surface area contributed by atoms with Gasteiger partial charge < -0.3 is 10.1 Å². The molecule has 0 fully saturated rings. The number of amides is 1. The Bertz CT molecular complexity index is 1020. The first-order chi connectivity index (χ1) is 14.0. The number of rotatable bonds is 7. The van der Waals surface area contributed by atoms with Gasteiger partial charge in [0.1, 0.15) is 5.75 Å². The van der Waals surface area contributed by atoms with Crippen LogP contribution in [-0.2, 0) is 4.79 Å². The van der Waals surface area contributed by atoms with Gasteiger partial charge in [-0.05, 0) is 36.8 Å². The molecule has 1 atom stereocenters. The number of nitrogens with one attached hydrogen (secondary N) is 1. The highest BCUT2D eigenvalue weighted by atomic mass is 35.5. The molecule has 0 bridgehead atoms. The Kier molecular flexibility index (Phi) is 6.91. The van der Waals surface area contributed by atoms with Crippen LogP contribution in [0.5, 0.6) is 5.75 Å². The van der Waals surface area contributed by atoms with E-state index in [1.807, 2.05) is 13.0 Å². The molecule has 0 radical (unpaired) electrons. The summed E-state index contributed by atoms with van der Waals surface area (Å²) in [6.07, 6.45) is -0.350. The highest BCUT2D eigenvalue weighted by Gasteiger charge is 2.22. The Morgan fingerprint density at radius 1 is 0.966 bits per heavy atom. The normalized spacial score (nSPS) is 11.6. The zero-order valence-electron chi connectivity index (χ0n) is 15.7. The van der Waals surface area contributed by atoms with Gasteiger partial charge in [-0.3, -0.25) is 9.59 Å². The van der Waals surface area contributed by atoms with E-state index in [-0.39, 0.29) is 11.7 Å². The Morgan fingerprint density at radius 2 is 1.66 bits per heavy atom. The zero-order valence-corrected chi connectivity index (χ0v) is 17.2. The number of ketones is 1. The smallest absolute Gasteiger partial charge is 0.265 e. The van der Waals surface area contributed by atoms with Gasteiger partial charge in [0.25, 0.3) is 5.91 Å². The third-order valence-electron chi connectivity index (χ3n) is 4.29. The molecule has 1 amide bonds. The molecule has 0 saturated carbocycles. The summed E-state index contributed by atoms with van der Waals surface area (Å²) in [7, 11) is 0. The minimum atomic E-state index is -0.773. The highest BCUT2D eigenvalue weighted by Crippen LogP contribution is 2.27. The molecule has 0 aliphatic rings. The third-order valence-corrected chi connectivity index (χ3v) is 4.84. The molecule has 3 aromatic rings. The lowest BCUT2D eigenvalue weighted by molar-refractivity contribution is -0.122. The van der Waals surface area contributed by atoms with Crippen molar-refractivity contribution in [3.63, 3.8) is 0 Å². The van der Waals surface area contributed by atoms with Crippen molar-refractivity contribution in [1.82, 2.24) is 0 Å². The van der Waals surface area contributed by atoms with E-state index in [1.165, 1.54) is 0 Å². The quantitative estimate of drug-likeness (QED) is 0.468. The van der Waals surface area contributed by atoms with Gasteiger partial charge in [0.2, 0.25) is 0 Å². The Morgan fingerprint density at radius 3 is 2.34 bits per heavy atom. The molecule has 0 saturated heterocycles. The highest BCUT2D eigenvalue weighted by molar-refractivity contribution is 6.32. The molecule has 0 aliphatic heterocycles. The van der Waals surface area contributed by atoms with Crippen molar-refractivity contribution >= 4 is 40.6 Å². The van der Waals surface area contributed by atoms with Gasteiger partial charge in [-0.15, -0.1) is 0 Å². The first-order valence-corrected chi connectivity index (χ1v) is 9.86. The minimum absolute atomic E-state index is 0.233. The predicted octanol–water partition coefficient (Wildman–Crippen LogP) is 6.02. The van der Waals surface area contributed by atoms with Crippen LogP contribution in [0.25, 0.3) is 0 Å². The zero-order chi connectivity index (χ0) is 20.8. The van der Waals surface area contributed by atoms with Crippen molar-refractivity contribution < 1.29 is 14.3 Å². The number of ether oxygens (including phenoxy) is 1. The molecule has 0 unspecified atom stereocenters. The molecule has 0 aliphatic carbocycles. The standard InChI is InChI=1S/C23H19Cl2NO3/c1-2-20(29-21-11-7-6-10-18(21)25)23(28)26-19-13-12-16(24)14-17(19)22(27)15-8-4-3-5-9-15/h3-14,20H,2H2,1H3,(H,26,28)/t20-/m1/s1. The molecule has 29 heavy (non-hydrogen) atoms. The number of benzene rings is 3. The van der Waals surface area contributed by atoms with Crippen LogP contribution in [-0.4, -0.2) is 17.8 Å². The van der Waals surface area contributed by atoms with E-state index in [9.17, 15) is 9.59 Å². The van der Waals surface area contributed by atoms with Crippen LogP contribution in [0.2, 0.25) is 10.0 Å². The summed E-state index contributed by atoms with van der Waals surface area (Å²) in [5.74, 6) is -0.187. The van der Waals surface area contributed by atoms with Gasteiger partial charge in [0.15, 0.2) is 11.9 Å². The number of halogens is 2. The SMILES string of the molecule is CC[C@@H](Oc1ccccc1Cl)C(=O)Nc1ccc(Cl)cc1C(=O)c1ccccc1. The average Bonchev–Trinajstić information content (AvgIpc) is 2.74. The molecule has 6 heteroatoms. The monoisotopic (exact) mass is 427 g/mol. The minimum Gasteiger partial charge on any atom is -0.479 e. The number of para-hydroxylation sites is 1.